The van der Waals surface area contributed by atoms with Crippen molar-refractivity contribution >= 4 is 157 Å². The van der Waals surface area contributed by atoms with Gasteiger partial charge in [0, 0.05) is 144 Å². The lowest BCUT2D eigenvalue weighted by Crippen LogP contribution is -2.51. The van der Waals surface area contributed by atoms with Crippen LogP contribution >= 0.6 is 45.3 Å². The number of thiazole rings is 4. The first-order chi connectivity index (χ1) is 67.9. The van der Waals surface area contributed by atoms with Crippen molar-refractivity contribution in [2.24, 2.45) is 35.5 Å². The SMILES string of the molecule is Cc1nc2nc(N[C@@H](C)c3cncc(F)c3)nc(C(=O)N3CC(CC(=O)C4CCCCC4)C3)c2s1.Cc1nc2nc(N[C@@H](C)c3cncc(F)c3)nc(C(=O)N3CC(CC(=O)CC4CCCC4)C3)c2s1.Cc1nc2nc(N[C@@H](C)c3cncc(F)c3)nc(C(=O)N3CC(CC(=O)c4ccccc4)C3)c2s1.Cc1nc2nc(N[C@@H](C)c3cncc(F)c3)nc(C(=O)N3CC(CC(=O)c4ccccc4F)C3)c2s1. The van der Waals surface area contributed by atoms with Crippen molar-refractivity contribution in [2.75, 3.05) is 73.6 Å². The summed E-state index contributed by atoms with van der Waals surface area (Å²) < 4.78 is 70.8. The van der Waals surface area contributed by atoms with Gasteiger partial charge in [-0.05, 0) is 133 Å². The van der Waals surface area contributed by atoms with E-state index in [2.05, 4.69) is 101 Å². The summed E-state index contributed by atoms with van der Waals surface area (Å²) in [5.74, 6) is -0.451. The molecule has 0 radical (unpaired) electrons. The fourth-order valence-electron chi connectivity index (χ4n) is 18.3. The number of hydrogen-bond acceptors (Lipinski definition) is 32. The third kappa shape index (κ3) is 24.2. The number of carbonyl (C=O) groups is 8. The average Bonchev–Trinajstić information content (AvgIpc) is 1.71. The number of carbonyl (C=O) groups excluding carboxylic acids is 8. The number of aromatic nitrogens is 16. The van der Waals surface area contributed by atoms with Crippen LogP contribution in [0.5, 0.6) is 0 Å². The van der Waals surface area contributed by atoms with E-state index in [0.29, 0.717) is 176 Å². The van der Waals surface area contributed by atoms with Crippen LogP contribution in [0.3, 0.4) is 0 Å². The van der Waals surface area contributed by atoms with E-state index in [-0.39, 0.29) is 136 Å². The number of likely N-dealkylation sites (tertiary alicyclic amines) is 4. The lowest BCUT2D eigenvalue weighted by Gasteiger charge is -2.39. The Bertz CT molecular complexity index is 7020. The van der Waals surface area contributed by atoms with Gasteiger partial charge in [0.05, 0.1) is 74.5 Å². The monoisotopic (exact) mass is 1990 g/mol. The normalized spacial score (nSPS) is 16.1. The summed E-state index contributed by atoms with van der Waals surface area (Å²) in [6.07, 6.45) is 23.5. The van der Waals surface area contributed by atoms with Gasteiger partial charge < -0.3 is 40.9 Å². The van der Waals surface area contributed by atoms with E-state index < -0.39 is 29.1 Å². The quantitative estimate of drug-likeness (QED) is 0.0250. The molecule has 2 aromatic carbocycles. The molecular formula is C100H103F5N24O8S4. The number of anilines is 4. The molecule has 14 aromatic rings. The molecule has 0 spiro atoms. The summed E-state index contributed by atoms with van der Waals surface area (Å²) in [6, 6.07) is 19.3. The summed E-state index contributed by atoms with van der Waals surface area (Å²) in [5, 5.41) is 15.6. The number of pyridine rings is 4. The van der Waals surface area contributed by atoms with Crippen LogP contribution in [0.1, 0.15) is 247 Å². The lowest BCUT2D eigenvalue weighted by molar-refractivity contribution is -0.126. The highest BCUT2D eigenvalue weighted by molar-refractivity contribution is 7.20. The van der Waals surface area contributed by atoms with Crippen molar-refractivity contribution in [1.82, 2.24) is 99.3 Å². The van der Waals surface area contributed by atoms with Crippen LogP contribution in [0.15, 0.2) is 128 Å². The Labute approximate surface area is 824 Å². The van der Waals surface area contributed by atoms with Crippen molar-refractivity contribution in [3.8, 4) is 0 Å². The molecule has 4 amide bonds. The Morgan fingerprint density at radius 2 is 0.638 bits per heavy atom. The van der Waals surface area contributed by atoms with Crippen molar-refractivity contribution in [2.45, 2.75) is 169 Å². The third-order valence-corrected chi connectivity index (χ3v) is 29.7. The fourth-order valence-corrected chi connectivity index (χ4v) is 21.6. The molecule has 20 rings (SSSR count). The molecule has 6 fully saturated rings. The van der Waals surface area contributed by atoms with E-state index in [1.165, 1.54) is 114 Å². The predicted octanol–water partition coefficient (Wildman–Crippen LogP) is 18.5. The van der Waals surface area contributed by atoms with Gasteiger partial charge in [-0.25, -0.2) is 61.8 Å². The number of aryl methyl sites for hydroxylation is 4. The second-order valence-corrected chi connectivity index (χ2v) is 41.7. The van der Waals surface area contributed by atoms with Crippen LogP contribution in [0, 0.1) is 92.3 Å². The van der Waals surface area contributed by atoms with E-state index in [4.69, 9.17) is 0 Å². The highest BCUT2D eigenvalue weighted by Gasteiger charge is 2.41. The van der Waals surface area contributed by atoms with Crippen molar-refractivity contribution in [3.63, 3.8) is 0 Å². The molecule has 16 heterocycles. The topological polar surface area (TPSA) is 404 Å². The zero-order chi connectivity index (χ0) is 99.0. The molecule has 4 aliphatic heterocycles. The molecule has 141 heavy (non-hydrogen) atoms. The number of halogens is 5. The molecule has 6 aliphatic rings. The summed E-state index contributed by atoms with van der Waals surface area (Å²) >= 11 is 5.48. The van der Waals surface area contributed by atoms with E-state index in [1.807, 2.05) is 85.7 Å². The van der Waals surface area contributed by atoms with Crippen LogP contribution < -0.4 is 21.3 Å². The Balaban J connectivity index is 0.000000130. The number of nitrogens with zero attached hydrogens (tertiary/aromatic N) is 20. The molecule has 0 unspecified atom stereocenters. The first kappa shape index (κ1) is 98.9. The second-order valence-electron chi connectivity index (χ2n) is 36.8. The van der Waals surface area contributed by atoms with E-state index >= 15 is 0 Å². The lowest BCUT2D eigenvalue weighted by atomic mass is 9.81. The Morgan fingerprint density at radius 1 is 0.340 bits per heavy atom. The number of ketones is 4. The van der Waals surface area contributed by atoms with E-state index in [1.54, 1.807) is 56.5 Å². The van der Waals surface area contributed by atoms with Gasteiger partial charge in [0.2, 0.25) is 23.8 Å². The van der Waals surface area contributed by atoms with Crippen LogP contribution in [0.25, 0.3) is 41.4 Å². The molecule has 2 aliphatic carbocycles. The second kappa shape index (κ2) is 44.0. The maximum atomic E-state index is 13.9. The average molecular weight is 1990 g/mol. The maximum absolute atomic E-state index is 13.9. The fraction of sp³-hybridized carbons (Fsp3) is 0.400. The Morgan fingerprint density at radius 3 is 0.972 bits per heavy atom. The van der Waals surface area contributed by atoms with Crippen molar-refractivity contribution in [3.05, 3.63) is 234 Å². The summed E-state index contributed by atoms with van der Waals surface area (Å²) in [5.41, 5.74) is 6.15. The summed E-state index contributed by atoms with van der Waals surface area (Å²) in [4.78, 5) is 180. The van der Waals surface area contributed by atoms with Gasteiger partial charge >= 0.3 is 0 Å². The van der Waals surface area contributed by atoms with Crippen LogP contribution in [0.4, 0.5) is 45.7 Å². The van der Waals surface area contributed by atoms with Gasteiger partial charge in [0.15, 0.2) is 56.9 Å². The number of Topliss-reactive ketones (excluding diaryl/α,β-unsaturated/α-hetero) is 4. The molecule has 41 heteroatoms. The minimum Gasteiger partial charge on any atom is -0.348 e. The molecule has 32 nitrogen and oxygen atoms in total. The first-order valence-corrected chi connectivity index (χ1v) is 50.3. The molecule has 4 saturated heterocycles. The Kier molecular flexibility index (Phi) is 30.9. The van der Waals surface area contributed by atoms with E-state index in [9.17, 15) is 60.3 Å². The van der Waals surface area contributed by atoms with Crippen LogP contribution in [0.2, 0.25) is 0 Å². The summed E-state index contributed by atoms with van der Waals surface area (Å²) in [7, 11) is 0. The maximum Gasteiger partial charge on any atom is 0.274 e. The van der Waals surface area contributed by atoms with Gasteiger partial charge in [-0.3, -0.25) is 58.3 Å². The number of nitrogens with one attached hydrogen (secondary N) is 4. The Hall–Kier alpha value is -13.7. The van der Waals surface area contributed by atoms with Gasteiger partial charge in [-0.2, -0.15) is 19.9 Å². The molecule has 2 saturated carbocycles. The number of hydrogen-bond donors (Lipinski definition) is 4. The van der Waals surface area contributed by atoms with Crippen LogP contribution in [-0.4, -0.2) is 198 Å². The van der Waals surface area contributed by atoms with Gasteiger partial charge in [0.1, 0.15) is 59.5 Å². The summed E-state index contributed by atoms with van der Waals surface area (Å²) in [6.45, 7) is 18.7. The highest BCUT2D eigenvalue weighted by Crippen LogP contribution is 2.39. The largest absolute Gasteiger partial charge is 0.348 e. The molecule has 0 bridgehead atoms. The van der Waals surface area contributed by atoms with Crippen molar-refractivity contribution < 1.29 is 60.3 Å². The van der Waals surface area contributed by atoms with Gasteiger partial charge in [-0.1, -0.05) is 87.4 Å². The number of rotatable bonds is 29. The number of amides is 4. The molecule has 4 atom stereocenters. The van der Waals surface area contributed by atoms with Crippen LogP contribution in [-0.2, 0) is 9.59 Å². The third-order valence-electron chi connectivity index (χ3n) is 25.8. The standard InChI is InChI=1S/C25H22F2N6O2S.2C25H29FN6O2S.C25H23FN6O2S/c1-13(16-8-17(26)10-28-9-16)29-25-31-21(22-23(32-25)30-14(2)36-22)24(35)33-11-15(12-33)7-20(34)18-5-3-4-6-19(18)27;1-14(18-9-19(26)11-27-10-18)28-25-30-21(22-23(31-25)29-15(2)35-22)24(34)32-12-17(13-32)8-20(33)7-16-5-3-4-6-16;2*1-14(18-9-19(26)11-27-10-18)28-25-30-21(22-23(31-25)29-15(2)35-22)24(34)32-12-16(13-32)8-20(33)17-6-4-3-5-7-17/h3-6,8-10,13,15H,7,11-12H2,1-2H3,(H,29,31,32);2*9-11,14,16-17H,3-8,12-13H2,1-2H3,(H,28,30,31);3-7,9-11,14,16H,8,12-13H2,1-2H3,(H,28,30,31)/t13-;3*14-/m0000/s1. The molecule has 4 N–H and O–H groups in total. The van der Waals surface area contributed by atoms with Gasteiger partial charge in [-0.15, -0.1) is 45.3 Å². The zero-order valence-corrected chi connectivity index (χ0v) is 82.0. The number of benzene rings is 2. The minimum atomic E-state index is -0.540. The minimum absolute atomic E-state index is 0.0559. The van der Waals surface area contributed by atoms with E-state index in [0.717, 1.165) is 70.5 Å². The molecular weight excluding hydrogens is 1890 g/mol. The zero-order valence-electron chi connectivity index (χ0n) is 78.7. The first-order valence-electron chi connectivity index (χ1n) is 47.0. The number of fused-ring (bicyclic) bond motifs is 4. The highest BCUT2D eigenvalue weighted by atomic mass is 32.1. The smallest absolute Gasteiger partial charge is 0.274 e. The predicted molar refractivity (Wildman–Crippen MR) is 525 cm³/mol. The van der Waals surface area contributed by atoms with Gasteiger partial charge in [0.25, 0.3) is 23.6 Å². The molecule has 12 aromatic heterocycles. The molecule has 730 valence electrons. The van der Waals surface area contributed by atoms with Crippen molar-refractivity contribution in [1.29, 1.82) is 0 Å².